The lowest BCUT2D eigenvalue weighted by Gasteiger charge is -2.14. The van der Waals surface area contributed by atoms with Crippen LogP contribution in [-0.2, 0) is 9.59 Å². The largest absolute Gasteiger partial charge is 0.478 e. The zero-order valence-corrected chi connectivity index (χ0v) is 9.01. The fourth-order valence-corrected chi connectivity index (χ4v) is 1.68. The Morgan fingerprint density at radius 2 is 1.76 bits per heavy atom. The highest BCUT2D eigenvalue weighted by atomic mass is 16.4. The molecule has 0 saturated heterocycles. The average molecular weight is 231 g/mol. The number of anilines is 1. The Hall–Kier alpha value is -2.43. The molecule has 0 fully saturated rings. The van der Waals surface area contributed by atoms with Crippen molar-refractivity contribution in [2.24, 2.45) is 0 Å². The third-order valence-corrected chi connectivity index (χ3v) is 2.51. The number of imide groups is 1. The van der Waals surface area contributed by atoms with Gasteiger partial charge in [-0.2, -0.15) is 0 Å². The molecule has 86 valence electrons. The Morgan fingerprint density at radius 1 is 1.18 bits per heavy atom. The second-order valence-electron chi connectivity index (χ2n) is 3.65. The maximum absolute atomic E-state index is 11.4. The Bertz CT molecular complexity index is 542. The van der Waals surface area contributed by atoms with E-state index in [1.165, 1.54) is 30.4 Å². The molecule has 0 aliphatic carbocycles. The van der Waals surface area contributed by atoms with Gasteiger partial charge in [0.15, 0.2) is 0 Å². The first-order chi connectivity index (χ1) is 8.00. The summed E-state index contributed by atoms with van der Waals surface area (Å²) in [4.78, 5) is 34.7. The van der Waals surface area contributed by atoms with E-state index in [1.54, 1.807) is 6.92 Å². The van der Waals surface area contributed by atoms with Crippen LogP contribution in [0.1, 0.15) is 15.9 Å². The molecule has 5 nitrogen and oxygen atoms in total. The van der Waals surface area contributed by atoms with E-state index < -0.39 is 17.8 Å². The van der Waals surface area contributed by atoms with Crippen molar-refractivity contribution in [1.29, 1.82) is 0 Å². The normalized spacial score (nSPS) is 14.5. The summed E-state index contributed by atoms with van der Waals surface area (Å²) in [6, 6.07) is 4.33. The molecule has 0 atom stereocenters. The minimum Gasteiger partial charge on any atom is -0.478 e. The van der Waals surface area contributed by atoms with Crippen molar-refractivity contribution in [1.82, 2.24) is 0 Å². The molecule has 0 bridgehead atoms. The molecule has 0 spiro atoms. The predicted octanol–water partition coefficient (Wildman–Crippen LogP) is 1.12. The fourth-order valence-electron chi connectivity index (χ4n) is 1.68. The van der Waals surface area contributed by atoms with Crippen molar-refractivity contribution in [3.63, 3.8) is 0 Å². The second kappa shape index (κ2) is 3.86. The SMILES string of the molecule is Cc1cc(N2C(=O)C=CC2=O)ccc1C(=O)O. The molecular weight excluding hydrogens is 222 g/mol. The van der Waals surface area contributed by atoms with E-state index in [1.807, 2.05) is 0 Å². The van der Waals surface area contributed by atoms with Crippen LogP contribution in [0.2, 0.25) is 0 Å². The molecule has 1 aliphatic heterocycles. The van der Waals surface area contributed by atoms with Crippen LogP contribution in [0.5, 0.6) is 0 Å². The highest BCUT2D eigenvalue weighted by Gasteiger charge is 2.25. The van der Waals surface area contributed by atoms with Crippen LogP contribution in [0.3, 0.4) is 0 Å². The van der Waals surface area contributed by atoms with E-state index in [4.69, 9.17) is 5.11 Å². The molecular formula is C12H9NO4. The maximum Gasteiger partial charge on any atom is 0.335 e. The lowest BCUT2D eigenvalue weighted by molar-refractivity contribution is -0.119. The molecule has 0 saturated carbocycles. The fraction of sp³-hybridized carbons (Fsp3) is 0.0833. The third kappa shape index (κ3) is 1.82. The summed E-state index contributed by atoms with van der Waals surface area (Å²) in [6.07, 6.45) is 2.37. The summed E-state index contributed by atoms with van der Waals surface area (Å²) >= 11 is 0. The number of aromatic carboxylic acids is 1. The van der Waals surface area contributed by atoms with Gasteiger partial charge in [0.2, 0.25) is 0 Å². The van der Waals surface area contributed by atoms with Crippen molar-refractivity contribution >= 4 is 23.5 Å². The van der Waals surface area contributed by atoms with E-state index in [9.17, 15) is 14.4 Å². The monoisotopic (exact) mass is 231 g/mol. The molecule has 5 heteroatoms. The molecule has 2 rings (SSSR count). The van der Waals surface area contributed by atoms with Crippen molar-refractivity contribution in [2.75, 3.05) is 4.90 Å². The number of nitrogens with zero attached hydrogens (tertiary/aromatic N) is 1. The van der Waals surface area contributed by atoms with Gasteiger partial charge >= 0.3 is 5.97 Å². The van der Waals surface area contributed by atoms with E-state index in [0.717, 1.165) is 4.90 Å². The minimum atomic E-state index is -1.04. The molecule has 0 unspecified atom stereocenters. The van der Waals surface area contributed by atoms with Crippen LogP contribution in [0.25, 0.3) is 0 Å². The number of rotatable bonds is 2. The van der Waals surface area contributed by atoms with Gasteiger partial charge in [-0.3, -0.25) is 9.59 Å². The first-order valence-corrected chi connectivity index (χ1v) is 4.91. The molecule has 1 aliphatic rings. The van der Waals surface area contributed by atoms with Crippen molar-refractivity contribution < 1.29 is 19.5 Å². The minimum absolute atomic E-state index is 0.154. The Kier molecular flexibility index (Phi) is 2.51. The maximum atomic E-state index is 11.4. The number of benzene rings is 1. The van der Waals surface area contributed by atoms with Gasteiger partial charge in [0.25, 0.3) is 11.8 Å². The molecule has 17 heavy (non-hydrogen) atoms. The number of amides is 2. The van der Waals surface area contributed by atoms with Crippen molar-refractivity contribution in [3.05, 3.63) is 41.5 Å². The molecule has 1 aromatic rings. The number of hydrogen-bond acceptors (Lipinski definition) is 3. The van der Waals surface area contributed by atoms with Gasteiger partial charge in [-0.05, 0) is 30.7 Å². The van der Waals surface area contributed by atoms with Crippen LogP contribution in [0.4, 0.5) is 5.69 Å². The van der Waals surface area contributed by atoms with Gasteiger partial charge in [0.1, 0.15) is 0 Å². The lowest BCUT2D eigenvalue weighted by atomic mass is 10.1. The Morgan fingerprint density at radius 3 is 2.24 bits per heavy atom. The number of carboxylic acid groups (broad SMARTS) is 1. The second-order valence-corrected chi connectivity index (χ2v) is 3.65. The van der Waals surface area contributed by atoms with Gasteiger partial charge in [0, 0.05) is 12.2 Å². The van der Waals surface area contributed by atoms with Gasteiger partial charge in [-0.25, -0.2) is 9.69 Å². The summed E-state index contributed by atoms with van der Waals surface area (Å²) in [5.41, 5.74) is 1.04. The first kappa shape index (κ1) is 11.1. The van der Waals surface area contributed by atoms with E-state index in [-0.39, 0.29) is 5.56 Å². The molecule has 1 N–H and O–H groups in total. The molecule has 0 aromatic heterocycles. The zero-order valence-electron chi connectivity index (χ0n) is 9.01. The van der Waals surface area contributed by atoms with E-state index >= 15 is 0 Å². The van der Waals surface area contributed by atoms with E-state index in [0.29, 0.717) is 11.3 Å². The van der Waals surface area contributed by atoms with Crippen LogP contribution >= 0.6 is 0 Å². The number of aryl methyl sites for hydroxylation is 1. The number of carboxylic acids is 1. The molecule has 2 amide bonds. The summed E-state index contributed by atoms with van der Waals surface area (Å²) in [7, 11) is 0. The van der Waals surface area contributed by atoms with Crippen LogP contribution in [-0.4, -0.2) is 22.9 Å². The summed E-state index contributed by atoms with van der Waals surface area (Å²) in [5, 5.41) is 8.87. The highest BCUT2D eigenvalue weighted by Crippen LogP contribution is 2.22. The van der Waals surface area contributed by atoms with Gasteiger partial charge in [0.05, 0.1) is 11.3 Å². The highest BCUT2D eigenvalue weighted by molar-refractivity contribution is 6.28. The zero-order chi connectivity index (χ0) is 12.6. The molecule has 0 radical (unpaired) electrons. The van der Waals surface area contributed by atoms with Gasteiger partial charge in [-0.15, -0.1) is 0 Å². The van der Waals surface area contributed by atoms with Gasteiger partial charge in [-0.1, -0.05) is 0 Å². The van der Waals surface area contributed by atoms with Crippen molar-refractivity contribution in [2.45, 2.75) is 6.92 Å². The summed E-state index contributed by atoms with van der Waals surface area (Å²) in [6.45, 7) is 1.62. The number of hydrogen-bond donors (Lipinski definition) is 1. The number of carbonyl (C=O) groups is 3. The average Bonchev–Trinajstić information content (AvgIpc) is 2.58. The Balaban J connectivity index is 2.42. The van der Waals surface area contributed by atoms with Crippen LogP contribution in [0.15, 0.2) is 30.4 Å². The molecule has 1 aromatic carbocycles. The topological polar surface area (TPSA) is 74.7 Å². The van der Waals surface area contributed by atoms with Gasteiger partial charge < -0.3 is 5.11 Å². The number of carbonyl (C=O) groups excluding carboxylic acids is 2. The van der Waals surface area contributed by atoms with Crippen LogP contribution < -0.4 is 4.90 Å². The first-order valence-electron chi connectivity index (χ1n) is 4.91. The van der Waals surface area contributed by atoms with Crippen LogP contribution in [0, 0.1) is 6.92 Å². The standard InChI is InChI=1S/C12H9NO4/c1-7-6-8(2-3-9(7)12(16)17)13-10(14)4-5-11(13)15/h2-6H,1H3,(H,16,17). The summed E-state index contributed by atoms with van der Waals surface area (Å²) in [5.74, 6) is -1.87. The Labute approximate surface area is 97.0 Å². The quantitative estimate of drug-likeness (QED) is 0.774. The van der Waals surface area contributed by atoms with Crippen molar-refractivity contribution in [3.8, 4) is 0 Å². The summed E-state index contributed by atoms with van der Waals surface area (Å²) < 4.78 is 0. The lowest BCUT2D eigenvalue weighted by Crippen LogP contribution is -2.29. The third-order valence-electron chi connectivity index (χ3n) is 2.51. The smallest absolute Gasteiger partial charge is 0.335 e. The predicted molar refractivity (Wildman–Crippen MR) is 59.8 cm³/mol. The van der Waals surface area contributed by atoms with E-state index in [2.05, 4.69) is 0 Å². The molecule has 1 heterocycles.